The van der Waals surface area contributed by atoms with Gasteiger partial charge in [0.1, 0.15) is 5.25 Å². The van der Waals surface area contributed by atoms with E-state index in [4.69, 9.17) is 0 Å². The van der Waals surface area contributed by atoms with Crippen molar-refractivity contribution in [3.63, 3.8) is 0 Å². The number of carbonyl (C=O) groups excluding carboxylic acids is 1. The molecule has 0 saturated heterocycles. The molecule has 3 nitrogen and oxygen atoms in total. The first-order chi connectivity index (χ1) is 15.2. The van der Waals surface area contributed by atoms with E-state index in [1.165, 1.54) is 29.6 Å². The van der Waals surface area contributed by atoms with Crippen LogP contribution in [0.2, 0.25) is 0 Å². The summed E-state index contributed by atoms with van der Waals surface area (Å²) in [4.78, 5) is 12.2. The van der Waals surface area contributed by atoms with Gasteiger partial charge in [-0.15, -0.1) is 0 Å². The lowest BCUT2D eigenvalue weighted by Crippen LogP contribution is -2.36. The Morgan fingerprint density at radius 3 is 2.66 bits per heavy atom. The Bertz CT molecular complexity index is 980. The third-order valence-electron chi connectivity index (χ3n) is 9.65. The first-order valence-corrected chi connectivity index (χ1v) is 14.8. The first kappa shape index (κ1) is 22.6. The molecule has 1 aliphatic heterocycles. The minimum Gasteiger partial charge on any atom is -0.295 e. The molecule has 3 fully saturated rings. The van der Waals surface area contributed by atoms with Crippen LogP contribution in [0.4, 0.5) is 0 Å². The average Bonchev–Trinajstić information content (AvgIpc) is 3.48. The van der Waals surface area contributed by atoms with Crippen LogP contribution in [0.15, 0.2) is 34.9 Å². The molecular weight excluding hydrogens is 416 g/mol. The minimum atomic E-state index is -3.09. The summed E-state index contributed by atoms with van der Waals surface area (Å²) in [7, 11) is -3.09. The van der Waals surface area contributed by atoms with Gasteiger partial charge in [-0.25, -0.2) is 8.42 Å². The summed E-state index contributed by atoms with van der Waals surface area (Å²) >= 11 is 0. The van der Waals surface area contributed by atoms with Gasteiger partial charge in [-0.1, -0.05) is 44.1 Å². The van der Waals surface area contributed by atoms with Gasteiger partial charge in [-0.2, -0.15) is 0 Å². The Morgan fingerprint density at radius 2 is 1.91 bits per heavy atom. The lowest BCUT2D eigenvalue weighted by atomic mass is 9.61. The van der Waals surface area contributed by atoms with Crippen molar-refractivity contribution >= 4 is 15.6 Å². The number of allylic oxidation sites excluding steroid dienone is 3. The Balaban J connectivity index is 1.38. The van der Waals surface area contributed by atoms with Gasteiger partial charge in [0, 0.05) is 5.92 Å². The van der Waals surface area contributed by atoms with Gasteiger partial charge in [-0.3, -0.25) is 4.79 Å². The molecule has 0 aromatic rings. The van der Waals surface area contributed by atoms with Crippen LogP contribution in [-0.4, -0.2) is 25.2 Å². The Labute approximate surface area is 194 Å². The fourth-order valence-electron chi connectivity index (χ4n) is 7.66. The van der Waals surface area contributed by atoms with E-state index < -0.39 is 9.84 Å². The van der Waals surface area contributed by atoms with Gasteiger partial charge in [0.25, 0.3) is 0 Å². The molecule has 5 aliphatic rings. The number of sulfone groups is 1. The van der Waals surface area contributed by atoms with Crippen molar-refractivity contribution in [1.29, 1.82) is 0 Å². The van der Waals surface area contributed by atoms with Crippen LogP contribution in [0.3, 0.4) is 0 Å². The Kier molecular flexibility index (Phi) is 5.83. The van der Waals surface area contributed by atoms with Crippen molar-refractivity contribution in [2.75, 3.05) is 5.75 Å². The monoisotopic (exact) mass is 456 g/mol. The maximum atomic E-state index is 13.1. The van der Waals surface area contributed by atoms with Crippen molar-refractivity contribution in [1.82, 2.24) is 0 Å². The van der Waals surface area contributed by atoms with Crippen LogP contribution in [0.5, 0.6) is 0 Å². The molecule has 5 rings (SSSR count). The smallest absolute Gasteiger partial charge is 0.164 e. The first-order valence-electron chi connectivity index (χ1n) is 13.0. The van der Waals surface area contributed by atoms with Crippen LogP contribution < -0.4 is 0 Å². The predicted octanol–water partition coefficient (Wildman–Crippen LogP) is 6.21. The molecule has 0 N–H and O–H groups in total. The lowest BCUT2D eigenvalue weighted by Gasteiger charge is -2.44. The summed E-state index contributed by atoms with van der Waals surface area (Å²) in [5.41, 5.74) is 4.11. The van der Waals surface area contributed by atoms with E-state index in [-0.39, 0.29) is 10.7 Å². The largest absolute Gasteiger partial charge is 0.295 e. The lowest BCUT2D eigenvalue weighted by molar-refractivity contribution is -0.115. The second-order valence-electron chi connectivity index (χ2n) is 11.9. The maximum Gasteiger partial charge on any atom is 0.164 e. The topological polar surface area (TPSA) is 51.2 Å². The fourth-order valence-corrected chi connectivity index (χ4v) is 9.73. The van der Waals surface area contributed by atoms with Crippen molar-refractivity contribution in [3.8, 4) is 0 Å². The molecule has 0 spiro atoms. The number of hydrogen-bond donors (Lipinski definition) is 0. The molecule has 3 saturated carbocycles. The summed E-state index contributed by atoms with van der Waals surface area (Å²) in [5.74, 6) is 2.98. The number of carbonyl (C=O) groups is 1. The van der Waals surface area contributed by atoms with Gasteiger partial charge in [0.2, 0.25) is 0 Å². The molecule has 4 aliphatic carbocycles. The summed E-state index contributed by atoms with van der Waals surface area (Å²) in [6.07, 6.45) is 17.2. The second kappa shape index (κ2) is 8.25. The van der Waals surface area contributed by atoms with E-state index in [0.717, 1.165) is 51.4 Å². The summed E-state index contributed by atoms with van der Waals surface area (Å²) < 4.78 is 26.3. The Hall–Kier alpha value is -1.16. The van der Waals surface area contributed by atoms with E-state index in [9.17, 15) is 13.2 Å². The highest BCUT2D eigenvalue weighted by Gasteiger charge is 2.51. The van der Waals surface area contributed by atoms with Crippen molar-refractivity contribution in [2.24, 2.45) is 35.0 Å². The molecular formula is C28H40O3S. The highest BCUT2D eigenvalue weighted by atomic mass is 32.2. The van der Waals surface area contributed by atoms with Gasteiger partial charge in [-0.05, 0) is 105 Å². The molecule has 0 amide bonds. The molecule has 1 heterocycles. The fraction of sp³-hybridized carbons (Fsp3) is 0.750. The molecule has 4 heteroatoms. The number of ketones is 1. The van der Waals surface area contributed by atoms with E-state index in [1.54, 1.807) is 0 Å². The second-order valence-corrected chi connectivity index (χ2v) is 14.1. The zero-order valence-corrected chi connectivity index (χ0v) is 20.9. The molecule has 32 heavy (non-hydrogen) atoms. The van der Waals surface area contributed by atoms with E-state index in [2.05, 4.69) is 32.9 Å². The summed E-state index contributed by atoms with van der Waals surface area (Å²) in [6.45, 7) is 7.00. The van der Waals surface area contributed by atoms with E-state index in [1.807, 2.05) is 6.08 Å². The standard InChI is InChI=1S/C28H40O3S/c1-18-6-8-22-17-32(30,31)27(23(22)15-18)16-21-5-4-14-28(3)24(11-12-25(21)28)19(2)7-13-26(29)20-9-10-20/h7,13,16,18-20,24-25,27H,4-6,8-12,14-15,17H2,1-3H3/b13-7+,21-16+/t18-,19+,24-,25-,27+,28+/m0/s1. The van der Waals surface area contributed by atoms with Gasteiger partial charge >= 0.3 is 0 Å². The average molecular weight is 457 g/mol. The van der Waals surface area contributed by atoms with Crippen molar-refractivity contribution < 1.29 is 13.2 Å². The van der Waals surface area contributed by atoms with Gasteiger partial charge in [0.15, 0.2) is 15.6 Å². The highest BCUT2D eigenvalue weighted by Crippen LogP contribution is 2.60. The van der Waals surface area contributed by atoms with Crippen LogP contribution in [0.25, 0.3) is 0 Å². The zero-order valence-electron chi connectivity index (χ0n) is 20.1. The van der Waals surface area contributed by atoms with Crippen LogP contribution in [0, 0.1) is 35.0 Å². The quantitative estimate of drug-likeness (QED) is 0.365. The summed E-state index contributed by atoms with van der Waals surface area (Å²) in [6, 6.07) is 0. The number of fused-ring (bicyclic) bond motifs is 1. The number of hydrogen-bond acceptors (Lipinski definition) is 3. The molecule has 0 aromatic heterocycles. The molecule has 0 aromatic carbocycles. The normalized spacial score (nSPS) is 41.2. The molecule has 0 bridgehead atoms. The van der Waals surface area contributed by atoms with Crippen molar-refractivity contribution in [2.45, 2.75) is 90.2 Å². The number of rotatable bonds is 5. The predicted molar refractivity (Wildman–Crippen MR) is 130 cm³/mol. The molecule has 6 atom stereocenters. The summed E-state index contributed by atoms with van der Waals surface area (Å²) in [5, 5.41) is -0.356. The zero-order chi connectivity index (χ0) is 22.7. The Morgan fingerprint density at radius 1 is 1.12 bits per heavy atom. The molecule has 0 unspecified atom stereocenters. The molecule has 176 valence electrons. The van der Waals surface area contributed by atoms with Crippen LogP contribution in [-0.2, 0) is 14.6 Å². The third kappa shape index (κ3) is 3.99. The highest BCUT2D eigenvalue weighted by molar-refractivity contribution is 7.92. The van der Waals surface area contributed by atoms with E-state index in [0.29, 0.717) is 41.1 Å². The van der Waals surface area contributed by atoms with Crippen molar-refractivity contribution in [3.05, 3.63) is 34.9 Å². The van der Waals surface area contributed by atoms with Gasteiger partial charge in [0.05, 0.1) is 5.75 Å². The molecule has 0 radical (unpaired) electrons. The van der Waals surface area contributed by atoms with E-state index >= 15 is 0 Å². The van der Waals surface area contributed by atoms with Crippen LogP contribution >= 0.6 is 0 Å². The maximum absolute atomic E-state index is 13.1. The third-order valence-corrected chi connectivity index (χ3v) is 11.6. The van der Waals surface area contributed by atoms with Crippen LogP contribution in [0.1, 0.15) is 85.0 Å². The SMILES string of the molecule is C[C@H]1CCC2=C(C1)[C@@H](/C=C1\CCC[C@@]3(C)[C@H]1CC[C@H]3[C@H](C)/C=C/C(=O)C1CC1)S(=O)(=O)C2. The minimum absolute atomic E-state index is 0.218. The van der Waals surface area contributed by atoms with Gasteiger partial charge < -0.3 is 0 Å².